The van der Waals surface area contributed by atoms with Crippen molar-refractivity contribution in [1.29, 1.82) is 0 Å². The normalized spacial score (nSPS) is 19.4. The van der Waals surface area contributed by atoms with Crippen molar-refractivity contribution < 1.29 is 23.1 Å². The largest absolute Gasteiger partial charge is 0.493 e. The first-order chi connectivity index (χ1) is 15.3. The van der Waals surface area contributed by atoms with Crippen molar-refractivity contribution in [3.8, 4) is 11.6 Å². The molecule has 1 fully saturated rings. The first kappa shape index (κ1) is 20.7. The third-order valence-electron chi connectivity index (χ3n) is 5.92. The number of amides is 1. The molecule has 1 aromatic heterocycles. The molecule has 1 N–H and O–H groups in total. The first-order valence-corrected chi connectivity index (χ1v) is 11.0. The van der Waals surface area contributed by atoms with Crippen LogP contribution in [0, 0.1) is 0 Å². The lowest BCUT2D eigenvalue weighted by Gasteiger charge is -2.27. The second-order valence-electron chi connectivity index (χ2n) is 7.80. The standard InChI is InChI=1S/C22H18F3N3O3S/c23-22(24,25)13-5-4-6-14(9-13)28-20(30)19-17-10-15(27(19)21(28)31)11-26(17)18(29)12-32-16-7-2-1-3-8-16/h1-9,15,17,30H,10-12H2/t15-,17-/m0/s1. The maximum atomic E-state index is 13.1. The van der Waals surface area contributed by atoms with Crippen molar-refractivity contribution in [3.05, 3.63) is 76.3 Å². The Kier molecular flexibility index (Phi) is 4.85. The highest BCUT2D eigenvalue weighted by molar-refractivity contribution is 8.00. The molecule has 3 heterocycles. The number of fused-ring (bicyclic) bond motifs is 5. The number of rotatable bonds is 4. The van der Waals surface area contributed by atoms with Crippen molar-refractivity contribution in [2.45, 2.75) is 29.6 Å². The van der Waals surface area contributed by atoms with Crippen LogP contribution in [-0.2, 0) is 11.0 Å². The lowest BCUT2D eigenvalue weighted by Crippen LogP contribution is -2.38. The molecule has 166 valence electrons. The van der Waals surface area contributed by atoms with Gasteiger partial charge in [0.15, 0.2) is 0 Å². The molecule has 1 saturated heterocycles. The molecule has 5 rings (SSSR count). The van der Waals surface area contributed by atoms with E-state index >= 15 is 0 Å². The zero-order chi connectivity index (χ0) is 22.6. The number of halogens is 3. The minimum absolute atomic E-state index is 0.0684. The summed E-state index contributed by atoms with van der Waals surface area (Å²) in [5.41, 5.74) is -1.30. The fraction of sp³-hybridized carbons (Fsp3) is 0.273. The summed E-state index contributed by atoms with van der Waals surface area (Å²) >= 11 is 1.40. The van der Waals surface area contributed by atoms with Crippen molar-refractivity contribution in [3.63, 3.8) is 0 Å². The number of hydrogen-bond acceptors (Lipinski definition) is 4. The molecule has 10 heteroatoms. The SMILES string of the molecule is O=C(CSc1ccccc1)N1C[C@@H]2C[C@H]1c1c(O)n(-c3cccc(C(F)(F)F)c3)c(=O)n12. The number of hydrogen-bond donors (Lipinski definition) is 1. The lowest BCUT2D eigenvalue weighted by molar-refractivity contribution is -0.137. The summed E-state index contributed by atoms with van der Waals surface area (Å²) in [4.78, 5) is 28.5. The van der Waals surface area contributed by atoms with Crippen LogP contribution in [-0.4, -0.2) is 37.3 Å². The highest BCUT2D eigenvalue weighted by Gasteiger charge is 2.49. The van der Waals surface area contributed by atoms with Gasteiger partial charge in [-0.25, -0.2) is 9.36 Å². The number of likely N-dealkylation sites (tertiary alicyclic amines) is 1. The van der Waals surface area contributed by atoms with Crippen molar-refractivity contribution in [1.82, 2.24) is 14.0 Å². The van der Waals surface area contributed by atoms with E-state index in [1.54, 1.807) is 4.90 Å². The van der Waals surface area contributed by atoms with Crippen LogP contribution in [0.25, 0.3) is 5.69 Å². The monoisotopic (exact) mass is 461 g/mol. The minimum atomic E-state index is -4.57. The van der Waals surface area contributed by atoms with Gasteiger partial charge in [-0.2, -0.15) is 13.2 Å². The summed E-state index contributed by atoms with van der Waals surface area (Å²) in [6.45, 7) is 0.331. The smallest absolute Gasteiger partial charge is 0.416 e. The van der Waals surface area contributed by atoms with Crippen LogP contribution in [0.15, 0.2) is 64.3 Å². The van der Waals surface area contributed by atoms with Crippen molar-refractivity contribution in [2.75, 3.05) is 12.3 Å². The van der Waals surface area contributed by atoms with E-state index in [0.717, 1.165) is 21.6 Å². The summed E-state index contributed by atoms with van der Waals surface area (Å²) in [6, 6.07) is 13.0. The molecule has 2 aliphatic rings. The van der Waals surface area contributed by atoms with E-state index in [2.05, 4.69) is 0 Å². The van der Waals surface area contributed by atoms with Gasteiger partial charge in [0.05, 0.1) is 29.1 Å². The Balaban J connectivity index is 1.44. The minimum Gasteiger partial charge on any atom is -0.493 e. The van der Waals surface area contributed by atoms with Gasteiger partial charge >= 0.3 is 11.9 Å². The van der Waals surface area contributed by atoms with E-state index in [1.165, 1.54) is 28.5 Å². The summed E-state index contributed by atoms with van der Waals surface area (Å²) in [5, 5.41) is 10.8. The fourth-order valence-electron chi connectivity index (χ4n) is 4.52. The van der Waals surface area contributed by atoms with Gasteiger partial charge < -0.3 is 10.0 Å². The number of thioether (sulfide) groups is 1. The van der Waals surface area contributed by atoms with Gasteiger partial charge in [-0.15, -0.1) is 11.8 Å². The Morgan fingerprint density at radius 1 is 1.12 bits per heavy atom. The highest BCUT2D eigenvalue weighted by atomic mass is 32.2. The van der Waals surface area contributed by atoms with Crippen LogP contribution >= 0.6 is 11.8 Å². The van der Waals surface area contributed by atoms with Crippen LogP contribution < -0.4 is 5.69 Å². The molecule has 2 aromatic carbocycles. The van der Waals surface area contributed by atoms with Gasteiger partial charge in [0, 0.05) is 11.4 Å². The Labute approximate surface area is 184 Å². The predicted octanol–water partition coefficient (Wildman–Crippen LogP) is 3.98. The van der Waals surface area contributed by atoms with E-state index in [1.807, 2.05) is 30.3 Å². The molecule has 6 nitrogen and oxygen atoms in total. The zero-order valence-corrected chi connectivity index (χ0v) is 17.4. The lowest BCUT2D eigenvalue weighted by atomic mass is 10.1. The van der Waals surface area contributed by atoms with Gasteiger partial charge in [-0.1, -0.05) is 24.3 Å². The van der Waals surface area contributed by atoms with Crippen LogP contribution in [0.5, 0.6) is 5.88 Å². The number of aromatic nitrogens is 2. The molecule has 2 atom stereocenters. The Bertz CT molecular complexity index is 1250. The number of aromatic hydroxyl groups is 1. The van der Waals surface area contributed by atoms with E-state index in [0.29, 0.717) is 13.0 Å². The van der Waals surface area contributed by atoms with Gasteiger partial charge in [-0.05, 0) is 36.8 Å². The van der Waals surface area contributed by atoms with Crippen molar-refractivity contribution in [2.24, 2.45) is 0 Å². The Morgan fingerprint density at radius 2 is 1.88 bits per heavy atom. The molecule has 1 amide bonds. The van der Waals surface area contributed by atoms with E-state index < -0.39 is 29.4 Å². The average Bonchev–Trinajstić information content (AvgIpc) is 3.43. The third kappa shape index (κ3) is 3.29. The molecular formula is C22H18F3N3O3S. The predicted molar refractivity (Wildman–Crippen MR) is 112 cm³/mol. The van der Waals surface area contributed by atoms with Crippen LogP contribution in [0.3, 0.4) is 0 Å². The molecule has 0 spiro atoms. The maximum absolute atomic E-state index is 13.1. The second-order valence-corrected chi connectivity index (χ2v) is 8.85. The molecule has 0 aliphatic carbocycles. The van der Waals surface area contributed by atoms with Gasteiger partial charge in [0.1, 0.15) is 5.69 Å². The van der Waals surface area contributed by atoms with E-state index in [4.69, 9.17) is 0 Å². The number of alkyl halides is 3. The Hall–Kier alpha value is -3.14. The molecule has 0 saturated carbocycles. The molecule has 0 radical (unpaired) electrons. The van der Waals surface area contributed by atoms with Gasteiger partial charge in [0.25, 0.3) is 0 Å². The topological polar surface area (TPSA) is 67.5 Å². The number of benzene rings is 2. The number of carbonyl (C=O) groups excluding carboxylic acids is 1. The van der Waals surface area contributed by atoms with Gasteiger partial charge in [-0.3, -0.25) is 9.36 Å². The summed E-state index contributed by atoms with van der Waals surface area (Å²) in [7, 11) is 0. The summed E-state index contributed by atoms with van der Waals surface area (Å²) in [5.74, 6) is -0.321. The Morgan fingerprint density at radius 3 is 2.59 bits per heavy atom. The van der Waals surface area contributed by atoms with Crippen LogP contribution in [0.2, 0.25) is 0 Å². The van der Waals surface area contributed by atoms with Crippen LogP contribution in [0.1, 0.15) is 29.8 Å². The van der Waals surface area contributed by atoms with Crippen LogP contribution in [0.4, 0.5) is 13.2 Å². The summed E-state index contributed by atoms with van der Waals surface area (Å²) in [6.07, 6.45) is -4.07. The first-order valence-electron chi connectivity index (χ1n) is 9.96. The molecule has 2 bridgehead atoms. The fourth-order valence-corrected chi connectivity index (χ4v) is 5.33. The van der Waals surface area contributed by atoms with E-state index in [-0.39, 0.29) is 29.1 Å². The molecule has 3 aromatic rings. The molecular weight excluding hydrogens is 443 g/mol. The number of nitrogens with zero attached hydrogens (tertiary/aromatic N) is 3. The highest BCUT2D eigenvalue weighted by Crippen LogP contribution is 2.49. The van der Waals surface area contributed by atoms with E-state index in [9.17, 15) is 27.9 Å². The van der Waals surface area contributed by atoms with Gasteiger partial charge in [0.2, 0.25) is 11.8 Å². The number of carbonyl (C=O) groups is 1. The summed E-state index contributed by atoms with van der Waals surface area (Å²) < 4.78 is 41.6. The quantitative estimate of drug-likeness (QED) is 0.597. The molecule has 32 heavy (non-hydrogen) atoms. The average molecular weight is 461 g/mol. The maximum Gasteiger partial charge on any atom is 0.416 e. The third-order valence-corrected chi connectivity index (χ3v) is 6.91. The zero-order valence-electron chi connectivity index (χ0n) is 16.6. The second kappa shape index (κ2) is 7.47. The van der Waals surface area contributed by atoms with Crippen molar-refractivity contribution >= 4 is 17.7 Å². The molecule has 2 aliphatic heterocycles. The molecule has 0 unspecified atom stereocenters. The number of imidazole rings is 1.